The van der Waals surface area contributed by atoms with E-state index in [1.54, 1.807) is 0 Å². The molecule has 1 saturated heterocycles. The standard InChI is InChI=1S/C19H25N3O/c1-14-11-15(2)18(22-10-4-8-20-22)16(12-14)13-21-9-3-5-17(21)19(23)6-7-19/h4,8,10-12,17,23H,3,5-7,9,13H2,1-2H3. The van der Waals surface area contributed by atoms with Crippen LogP contribution in [0, 0.1) is 13.8 Å². The number of rotatable bonds is 4. The number of likely N-dealkylation sites (tertiary alicyclic amines) is 1. The fourth-order valence-electron chi connectivity index (χ4n) is 4.20. The number of nitrogens with zero attached hydrogens (tertiary/aromatic N) is 3. The monoisotopic (exact) mass is 311 g/mol. The van der Waals surface area contributed by atoms with Gasteiger partial charge in [-0.15, -0.1) is 0 Å². The van der Waals surface area contributed by atoms with Crippen LogP contribution in [0.4, 0.5) is 0 Å². The third kappa shape index (κ3) is 2.70. The minimum atomic E-state index is -0.415. The average molecular weight is 311 g/mol. The summed E-state index contributed by atoms with van der Waals surface area (Å²) in [5.74, 6) is 0. The molecule has 23 heavy (non-hydrogen) atoms. The molecular formula is C19H25N3O. The average Bonchev–Trinajstić information content (AvgIpc) is 2.95. The summed E-state index contributed by atoms with van der Waals surface area (Å²) in [6, 6.07) is 6.79. The molecule has 1 unspecified atom stereocenters. The summed E-state index contributed by atoms with van der Waals surface area (Å²) >= 11 is 0. The van der Waals surface area contributed by atoms with E-state index < -0.39 is 5.60 Å². The van der Waals surface area contributed by atoms with Gasteiger partial charge in [0.25, 0.3) is 0 Å². The summed E-state index contributed by atoms with van der Waals surface area (Å²) in [5, 5.41) is 15.0. The van der Waals surface area contributed by atoms with Gasteiger partial charge < -0.3 is 5.11 Å². The molecular weight excluding hydrogens is 286 g/mol. The molecule has 4 heteroatoms. The zero-order chi connectivity index (χ0) is 16.0. The van der Waals surface area contributed by atoms with Gasteiger partial charge in [-0.3, -0.25) is 4.90 Å². The maximum absolute atomic E-state index is 10.6. The van der Waals surface area contributed by atoms with Gasteiger partial charge in [0.2, 0.25) is 0 Å². The third-order valence-corrected chi connectivity index (χ3v) is 5.38. The molecule has 1 N–H and O–H groups in total. The number of aliphatic hydroxyl groups is 1. The van der Waals surface area contributed by atoms with Crippen LogP contribution in [0.5, 0.6) is 0 Å². The quantitative estimate of drug-likeness (QED) is 0.944. The largest absolute Gasteiger partial charge is 0.388 e. The molecule has 2 aliphatic rings. The van der Waals surface area contributed by atoms with Crippen LogP contribution >= 0.6 is 0 Å². The maximum Gasteiger partial charge on any atom is 0.0804 e. The molecule has 2 fully saturated rings. The predicted molar refractivity (Wildman–Crippen MR) is 90.7 cm³/mol. The number of hydrogen-bond acceptors (Lipinski definition) is 3. The number of hydrogen-bond donors (Lipinski definition) is 1. The molecule has 0 radical (unpaired) electrons. The van der Waals surface area contributed by atoms with Crippen molar-refractivity contribution < 1.29 is 5.11 Å². The molecule has 4 nitrogen and oxygen atoms in total. The molecule has 0 amide bonds. The highest BCUT2D eigenvalue weighted by atomic mass is 16.3. The van der Waals surface area contributed by atoms with E-state index in [9.17, 15) is 5.11 Å². The van der Waals surface area contributed by atoms with Gasteiger partial charge >= 0.3 is 0 Å². The van der Waals surface area contributed by atoms with E-state index in [2.05, 4.69) is 36.0 Å². The fraction of sp³-hybridized carbons (Fsp3) is 0.526. The lowest BCUT2D eigenvalue weighted by Gasteiger charge is -2.29. The lowest BCUT2D eigenvalue weighted by Crippen LogP contribution is -2.40. The summed E-state index contributed by atoms with van der Waals surface area (Å²) in [6.07, 6.45) is 8.08. The Balaban J connectivity index is 1.68. The highest BCUT2D eigenvalue weighted by Gasteiger charge is 2.51. The van der Waals surface area contributed by atoms with Crippen LogP contribution in [0.2, 0.25) is 0 Å². The first kappa shape index (κ1) is 14.9. The van der Waals surface area contributed by atoms with E-state index in [0.717, 1.165) is 32.4 Å². The topological polar surface area (TPSA) is 41.3 Å². The zero-order valence-electron chi connectivity index (χ0n) is 14.0. The molecule has 1 atom stereocenters. The van der Waals surface area contributed by atoms with Gasteiger partial charge in [0, 0.05) is 25.0 Å². The van der Waals surface area contributed by atoms with Crippen molar-refractivity contribution in [2.75, 3.05) is 6.54 Å². The van der Waals surface area contributed by atoms with E-state index in [0.29, 0.717) is 6.04 Å². The van der Waals surface area contributed by atoms with Crippen molar-refractivity contribution in [3.05, 3.63) is 47.3 Å². The molecule has 1 aromatic heterocycles. The zero-order valence-corrected chi connectivity index (χ0v) is 14.0. The van der Waals surface area contributed by atoms with E-state index in [4.69, 9.17) is 0 Å². The molecule has 1 aliphatic carbocycles. The smallest absolute Gasteiger partial charge is 0.0804 e. The third-order valence-electron chi connectivity index (χ3n) is 5.38. The maximum atomic E-state index is 10.6. The van der Waals surface area contributed by atoms with Gasteiger partial charge in [0.05, 0.1) is 11.3 Å². The van der Waals surface area contributed by atoms with Crippen LogP contribution in [-0.2, 0) is 6.54 Å². The van der Waals surface area contributed by atoms with Crippen LogP contribution in [-0.4, -0.2) is 38.0 Å². The van der Waals surface area contributed by atoms with Gasteiger partial charge in [-0.1, -0.05) is 17.7 Å². The number of benzene rings is 1. The first-order valence-corrected chi connectivity index (χ1v) is 8.63. The van der Waals surface area contributed by atoms with E-state index in [1.807, 2.05) is 23.1 Å². The molecule has 1 aromatic carbocycles. The first-order valence-electron chi connectivity index (χ1n) is 8.63. The summed E-state index contributed by atoms with van der Waals surface area (Å²) in [5.41, 5.74) is 4.62. The molecule has 1 aliphatic heterocycles. The summed E-state index contributed by atoms with van der Waals surface area (Å²) in [6.45, 7) is 6.28. The number of aryl methyl sites for hydroxylation is 2. The Morgan fingerprint density at radius 1 is 1.30 bits per heavy atom. The van der Waals surface area contributed by atoms with E-state index >= 15 is 0 Å². The molecule has 122 valence electrons. The van der Waals surface area contributed by atoms with Crippen LogP contribution in [0.3, 0.4) is 0 Å². The highest BCUT2D eigenvalue weighted by Crippen LogP contribution is 2.45. The van der Waals surface area contributed by atoms with Gasteiger partial charge in [-0.05, 0) is 63.3 Å². The Morgan fingerprint density at radius 2 is 2.13 bits per heavy atom. The lowest BCUT2D eigenvalue weighted by molar-refractivity contribution is 0.0481. The van der Waals surface area contributed by atoms with Crippen molar-refractivity contribution in [1.82, 2.24) is 14.7 Å². The van der Waals surface area contributed by atoms with Gasteiger partial charge in [0.15, 0.2) is 0 Å². The number of aromatic nitrogens is 2. The Labute approximate surface area is 137 Å². The Morgan fingerprint density at radius 3 is 2.83 bits per heavy atom. The normalized spacial score (nSPS) is 23.3. The van der Waals surface area contributed by atoms with E-state index in [-0.39, 0.29) is 0 Å². The summed E-state index contributed by atoms with van der Waals surface area (Å²) in [7, 11) is 0. The minimum absolute atomic E-state index is 0.328. The first-order chi connectivity index (χ1) is 11.1. The van der Waals surface area contributed by atoms with Crippen molar-refractivity contribution in [1.29, 1.82) is 0 Å². The SMILES string of the molecule is Cc1cc(C)c(-n2cccn2)c(CN2CCCC2C2(O)CC2)c1. The second kappa shape index (κ2) is 5.46. The van der Waals surface area contributed by atoms with Crippen molar-refractivity contribution in [2.24, 2.45) is 0 Å². The molecule has 2 aromatic rings. The van der Waals surface area contributed by atoms with Crippen LogP contribution < -0.4 is 0 Å². The Kier molecular flexibility index (Phi) is 3.54. The van der Waals surface area contributed by atoms with E-state index in [1.165, 1.54) is 28.8 Å². The lowest BCUT2D eigenvalue weighted by atomic mass is 10.0. The van der Waals surface area contributed by atoms with Gasteiger partial charge in [0.1, 0.15) is 0 Å². The Hall–Kier alpha value is -1.65. The van der Waals surface area contributed by atoms with Crippen molar-refractivity contribution in [3.63, 3.8) is 0 Å². The van der Waals surface area contributed by atoms with Gasteiger partial charge in [-0.25, -0.2) is 4.68 Å². The van der Waals surface area contributed by atoms with Crippen LogP contribution in [0.25, 0.3) is 5.69 Å². The van der Waals surface area contributed by atoms with Crippen molar-refractivity contribution >= 4 is 0 Å². The second-order valence-corrected chi connectivity index (χ2v) is 7.27. The fourth-order valence-corrected chi connectivity index (χ4v) is 4.20. The second-order valence-electron chi connectivity index (χ2n) is 7.27. The van der Waals surface area contributed by atoms with Crippen molar-refractivity contribution in [2.45, 2.75) is 57.7 Å². The van der Waals surface area contributed by atoms with Gasteiger partial charge in [-0.2, -0.15) is 5.10 Å². The predicted octanol–water partition coefficient (Wildman–Crippen LogP) is 2.98. The summed E-state index contributed by atoms with van der Waals surface area (Å²) < 4.78 is 1.97. The molecule has 0 spiro atoms. The molecule has 4 rings (SSSR count). The summed E-state index contributed by atoms with van der Waals surface area (Å²) in [4.78, 5) is 2.48. The van der Waals surface area contributed by atoms with Crippen LogP contribution in [0.15, 0.2) is 30.6 Å². The highest BCUT2D eigenvalue weighted by molar-refractivity contribution is 5.49. The van der Waals surface area contributed by atoms with Crippen LogP contribution in [0.1, 0.15) is 42.4 Å². The molecule has 2 heterocycles. The molecule has 0 bridgehead atoms. The Bertz CT molecular complexity index is 704. The van der Waals surface area contributed by atoms with Crippen molar-refractivity contribution in [3.8, 4) is 5.69 Å². The molecule has 1 saturated carbocycles. The minimum Gasteiger partial charge on any atom is -0.388 e.